The molecule has 0 aromatic heterocycles. The number of carbonyl (C=O) groups excluding carboxylic acids is 2. The summed E-state index contributed by atoms with van der Waals surface area (Å²) in [4.78, 5) is 28.0. The van der Waals surface area contributed by atoms with Gasteiger partial charge in [-0.25, -0.2) is 4.79 Å². The van der Waals surface area contributed by atoms with Gasteiger partial charge in [-0.15, -0.1) is 0 Å². The summed E-state index contributed by atoms with van der Waals surface area (Å²) >= 11 is 0. The van der Waals surface area contributed by atoms with Gasteiger partial charge < -0.3 is 15.0 Å². The topological polar surface area (TPSA) is 61.9 Å². The highest BCUT2D eigenvalue weighted by Crippen LogP contribution is 2.29. The summed E-state index contributed by atoms with van der Waals surface area (Å²) in [7, 11) is 1.30. The van der Waals surface area contributed by atoms with E-state index in [0.29, 0.717) is 12.0 Å². The van der Waals surface area contributed by atoms with E-state index in [2.05, 4.69) is 39.2 Å². The van der Waals surface area contributed by atoms with Crippen LogP contribution in [0.2, 0.25) is 0 Å². The lowest BCUT2D eigenvalue weighted by molar-refractivity contribution is -0.130. The number of alkyl carbamates (subject to hydrolysis) is 1. The van der Waals surface area contributed by atoms with Crippen molar-refractivity contribution in [3.63, 3.8) is 0 Å². The van der Waals surface area contributed by atoms with Crippen molar-refractivity contribution in [1.82, 2.24) is 15.1 Å². The van der Waals surface area contributed by atoms with Crippen LogP contribution in [0.1, 0.15) is 18.4 Å². The van der Waals surface area contributed by atoms with Gasteiger partial charge in [0.2, 0.25) is 5.91 Å². The van der Waals surface area contributed by atoms with E-state index >= 15 is 0 Å². The Morgan fingerprint density at radius 3 is 2.71 bits per heavy atom. The number of fused-ring (bicyclic) bond motifs is 4. The number of carbonyl (C=O) groups is 2. The third-order valence-electron chi connectivity index (χ3n) is 4.98. The normalized spacial score (nSPS) is 23.6. The maximum atomic E-state index is 12.4. The molecule has 0 saturated carbocycles. The fraction of sp³-hybridized carbons (Fsp3) is 0.556. The van der Waals surface area contributed by atoms with E-state index < -0.39 is 6.09 Å². The van der Waals surface area contributed by atoms with Crippen molar-refractivity contribution in [2.75, 3.05) is 33.3 Å². The van der Waals surface area contributed by atoms with Gasteiger partial charge >= 0.3 is 6.09 Å². The lowest BCUT2D eigenvalue weighted by atomic mass is 9.94. The quantitative estimate of drug-likeness (QED) is 0.907. The maximum absolute atomic E-state index is 12.4. The standard InChI is InChI=1S/C18H25N3O3/c1-24-18(23)19-9-17(22)21-12-15-7-8-16(13-21)20(11-15)10-14-5-3-2-4-6-14/h2-6,15-16H,7-13H2,1H3,(H,19,23)/t15-,16-/m1/s1. The number of benzene rings is 1. The molecule has 1 aromatic carbocycles. The number of rotatable bonds is 4. The van der Waals surface area contributed by atoms with Crippen LogP contribution in [0.5, 0.6) is 0 Å². The molecule has 0 radical (unpaired) electrons. The minimum atomic E-state index is -0.563. The zero-order chi connectivity index (χ0) is 16.9. The third-order valence-corrected chi connectivity index (χ3v) is 4.98. The first-order valence-electron chi connectivity index (χ1n) is 8.53. The van der Waals surface area contributed by atoms with E-state index in [4.69, 9.17) is 0 Å². The Labute approximate surface area is 142 Å². The molecule has 0 aliphatic carbocycles. The third kappa shape index (κ3) is 4.06. The first-order chi connectivity index (χ1) is 11.7. The molecule has 6 heteroatoms. The molecule has 2 bridgehead atoms. The molecular formula is C18H25N3O3. The van der Waals surface area contributed by atoms with Crippen LogP contribution in [0.15, 0.2) is 30.3 Å². The SMILES string of the molecule is COC(=O)NCC(=O)N1C[C@@H]2CC[C@H](C1)N(Cc1ccccc1)C2. The van der Waals surface area contributed by atoms with Crippen LogP contribution in [-0.4, -0.2) is 61.1 Å². The second kappa shape index (κ2) is 7.66. The van der Waals surface area contributed by atoms with Gasteiger partial charge in [-0.05, 0) is 24.3 Å². The van der Waals surface area contributed by atoms with Gasteiger partial charge in [-0.1, -0.05) is 30.3 Å². The molecule has 2 atom stereocenters. The number of amides is 2. The lowest BCUT2D eigenvalue weighted by Crippen LogP contribution is -2.45. The number of methoxy groups -OCH3 is 1. The van der Waals surface area contributed by atoms with Gasteiger partial charge in [0.05, 0.1) is 7.11 Å². The Morgan fingerprint density at radius 1 is 1.17 bits per heavy atom. The fourth-order valence-corrected chi connectivity index (χ4v) is 3.73. The van der Waals surface area contributed by atoms with E-state index in [0.717, 1.165) is 32.6 Å². The number of nitrogens with zero attached hydrogens (tertiary/aromatic N) is 2. The molecule has 0 spiro atoms. The van der Waals surface area contributed by atoms with Gasteiger partial charge in [0, 0.05) is 32.2 Å². The van der Waals surface area contributed by atoms with Crippen molar-refractivity contribution in [2.45, 2.75) is 25.4 Å². The van der Waals surface area contributed by atoms with Crippen molar-refractivity contribution in [3.05, 3.63) is 35.9 Å². The molecule has 3 fully saturated rings. The van der Waals surface area contributed by atoms with Gasteiger partial charge in [0.15, 0.2) is 0 Å². The molecule has 0 unspecified atom stereocenters. The van der Waals surface area contributed by atoms with Crippen LogP contribution in [0.4, 0.5) is 4.79 Å². The first-order valence-corrected chi connectivity index (χ1v) is 8.53. The smallest absolute Gasteiger partial charge is 0.407 e. The summed E-state index contributed by atoms with van der Waals surface area (Å²) in [6, 6.07) is 10.9. The van der Waals surface area contributed by atoms with Gasteiger partial charge in [0.25, 0.3) is 0 Å². The molecule has 3 saturated heterocycles. The fourth-order valence-electron chi connectivity index (χ4n) is 3.73. The monoisotopic (exact) mass is 331 g/mol. The molecule has 1 aromatic rings. The Kier molecular flexibility index (Phi) is 5.35. The highest BCUT2D eigenvalue weighted by atomic mass is 16.5. The average molecular weight is 331 g/mol. The summed E-state index contributed by atoms with van der Waals surface area (Å²) < 4.78 is 4.52. The highest BCUT2D eigenvalue weighted by Gasteiger charge is 2.36. The Bertz CT molecular complexity index is 578. The molecule has 1 N–H and O–H groups in total. The summed E-state index contributed by atoms with van der Waals surface area (Å²) in [5, 5.41) is 2.48. The van der Waals surface area contributed by atoms with Gasteiger partial charge in [-0.2, -0.15) is 0 Å². The summed E-state index contributed by atoms with van der Waals surface area (Å²) in [5.74, 6) is 0.480. The Balaban J connectivity index is 1.60. The summed E-state index contributed by atoms with van der Waals surface area (Å²) in [6.45, 7) is 3.50. The van der Waals surface area contributed by atoms with Crippen molar-refractivity contribution in [3.8, 4) is 0 Å². The summed E-state index contributed by atoms with van der Waals surface area (Å²) in [6.07, 6.45) is 1.74. The van der Waals surface area contributed by atoms with Crippen LogP contribution in [0.25, 0.3) is 0 Å². The van der Waals surface area contributed by atoms with E-state index in [1.54, 1.807) is 0 Å². The molecule has 3 aliphatic rings. The second-order valence-corrected chi connectivity index (χ2v) is 6.66. The van der Waals surface area contributed by atoms with Crippen molar-refractivity contribution < 1.29 is 14.3 Å². The lowest BCUT2D eigenvalue weighted by Gasteiger charge is -2.36. The van der Waals surface area contributed by atoms with Gasteiger partial charge in [0.1, 0.15) is 6.54 Å². The molecule has 4 rings (SSSR count). The molecule has 2 amide bonds. The molecule has 6 nitrogen and oxygen atoms in total. The number of hydrogen-bond donors (Lipinski definition) is 1. The number of ether oxygens (including phenoxy) is 1. The molecule has 24 heavy (non-hydrogen) atoms. The molecule has 130 valence electrons. The van der Waals surface area contributed by atoms with Gasteiger partial charge in [-0.3, -0.25) is 9.69 Å². The largest absolute Gasteiger partial charge is 0.453 e. The zero-order valence-corrected chi connectivity index (χ0v) is 14.1. The molecular weight excluding hydrogens is 306 g/mol. The first kappa shape index (κ1) is 16.8. The van der Waals surface area contributed by atoms with E-state index in [1.807, 2.05) is 11.0 Å². The van der Waals surface area contributed by atoms with Crippen LogP contribution >= 0.6 is 0 Å². The Hall–Kier alpha value is -2.08. The Morgan fingerprint density at radius 2 is 1.96 bits per heavy atom. The minimum absolute atomic E-state index is 0.00476. The number of piperidine rings is 1. The number of nitrogens with one attached hydrogen (secondary N) is 1. The van der Waals surface area contributed by atoms with Crippen LogP contribution < -0.4 is 5.32 Å². The van der Waals surface area contributed by atoms with Crippen molar-refractivity contribution >= 4 is 12.0 Å². The van der Waals surface area contributed by atoms with Crippen LogP contribution in [0, 0.1) is 5.92 Å². The van der Waals surface area contributed by atoms with Crippen molar-refractivity contribution in [2.24, 2.45) is 5.92 Å². The molecule has 3 heterocycles. The van der Waals surface area contributed by atoms with Crippen molar-refractivity contribution in [1.29, 1.82) is 0 Å². The van der Waals surface area contributed by atoms with E-state index in [-0.39, 0.29) is 12.5 Å². The summed E-state index contributed by atoms with van der Waals surface area (Å²) in [5.41, 5.74) is 1.32. The average Bonchev–Trinajstić information content (AvgIpc) is 2.92. The second-order valence-electron chi connectivity index (χ2n) is 6.66. The predicted octanol–water partition coefficient (Wildman–Crippen LogP) is 1.47. The zero-order valence-electron chi connectivity index (χ0n) is 14.1. The van der Waals surface area contributed by atoms with E-state index in [9.17, 15) is 9.59 Å². The molecule has 3 aliphatic heterocycles. The predicted molar refractivity (Wildman–Crippen MR) is 90.4 cm³/mol. The van der Waals surface area contributed by atoms with Crippen LogP contribution in [0.3, 0.4) is 0 Å². The number of hydrogen-bond acceptors (Lipinski definition) is 4. The van der Waals surface area contributed by atoms with E-state index in [1.165, 1.54) is 19.1 Å². The van der Waals surface area contributed by atoms with Crippen LogP contribution in [-0.2, 0) is 16.1 Å². The minimum Gasteiger partial charge on any atom is -0.453 e. The highest BCUT2D eigenvalue weighted by molar-refractivity contribution is 5.82. The maximum Gasteiger partial charge on any atom is 0.407 e.